The van der Waals surface area contributed by atoms with E-state index in [9.17, 15) is 4.79 Å². The zero-order chi connectivity index (χ0) is 15.6. The van der Waals surface area contributed by atoms with Crippen molar-refractivity contribution in [2.24, 2.45) is 0 Å². The Hall–Kier alpha value is -2.49. The molecule has 0 heterocycles. The van der Waals surface area contributed by atoms with Crippen LogP contribution >= 0.6 is 0 Å². The monoisotopic (exact) mass is 283 g/mol. The molecule has 2 rings (SSSR count). The molecule has 0 fully saturated rings. The molecule has 2 aromatic carbocycles. The van der Waals surface area contributed by atoms with Gasteiger partial charge in [0.25, 0.3) is 0 Å². The topological polar surface area (TPSA) is 81.1 Å². The van der Waals surface area contributed by atoms with Crippen LogP contribution in [0.15, 0.2) is 36.4 Å². The van der Waals surface area contributed by atoms with Gasteiger partial charge in [-0.2, -0.15) is 0 Å². The number of hydrogen-bond acceptors (Lipinski definition) is 3. The Balaban J connectivity index is 2.19. The van der Waals surface area contributed by atoms with Crippen LogP contribution in [0.25, 0.3) is 0 Å². The number of amides is 1. The molecule has 0 bridgehead atoms. The van der Waals surface area contributed by atoms with Crippen LogP contribution in [0, 0.1) is 13.8 Å². The summed E-state index contributed by atoms with van der Waals surface area (Å²) in [5.74, 6) is -0.360. The number of nitrogens with two attached hydrogens (primary N) is 2. The number of rotatable bonds is 3. The molecule has 4 heteroatoms. The molecule has 0 aromatic heterocycles. The van der Waals surface area contributed by atoms with Crippen LogP contribution in [-0.2, 0) is 4.79 Å². The highest BCUT2D eigenvalue weighted by Gasteiger charge is 2.16. The average Bonchev–Trinajstić information content (AvgIpc) is 2.45. The Morgan fingerprint density at radius 1 is 1.05 bits per heavy atom. The van der Waals surface area contributed by atoms with Gasteiger partial charge in [0.2, 0.25) is 5.91 Å². The maximum Gasteiger partial charge on any atom is 0.231 e. The minimum absolute atomic E-state index is 0.0622. The number of anilines is 3. The second-order valence-electron chi connectivity index (χ2n) is 5.42. The fraction of sp³-hybridized carbons (Fsp3) is 0.235. The van der Waals surface area contributed by atoms with E-state index < -0.39 is 0 Å². The summed E-state index contributed by atoms with van der Waals surface area (Å²) in [5.41, 5.74) is 16.4. The molecule has 21 heavy (non-hydrogen) atoms. The van der Waals surface area contributed by atoms with E-state index in [1.165, 1.54) is 0 Å². The third kappa shape index (κ3) is 3.34. The van der Waals surface area contributed by atoms with Gasteiger partial charge in [0, 0.05) is 5.69 Å². The van der Waals surface area contributed by atoms with Gasteiger partial charge < -0.3 is 16.8 Å². The molecule has 110 valence electrons. The minimum atomic E-state index is -0.298. The first-order valence-electron chi connectivity index (χ1n) is 6.91. The molecule has 0 spiro atoms. The predicted octanol–water partition coefficient (Wildman–Crippen LogP) is 3.21. The quantitative estimate of drug-likeness (QED) is 0.756. The average molecular weight is 283 g/mol. The lowest BCUT2D eigenvalue weighted by molar-refractivity contribution is -0.117. The van der Waals surface area contributed by atoms with Crippen molar-refractivity contribution in [3.63, 3.8) is 0 Å². The van der Waals surface area contributed by atoms with Gasteiger partial charge in [-0.15, -0.1) is 0 Å². The van der Waals surface area contributed by atoms with E-state index in [4.69, 9.17) is 11.5 Å². The molecule has 0 saturated heterocycles. The van der Waals surface area contributed by atoms with E-state index in [1.807, 2.05) is 45.0 Å². The lowest BCUT2D eigenvalue weighted by Gasteiger charge is -2.15. The highest BCUT2D eigenvalue weighted by atomic mass is 16.1. The first-order chi connectivity index (χ1) is 9.88. The molecule has 0 aliphatic rings. The molecule has 1 amide bonds. The van der Waals surface area contributed by atoms with Gasteiger partial charge in [-0.25, -0.2) is 0 Å². The highest BCUT2D eigenvalue weighted by molar-refractivity contribution is 5.96. The zero-order valence-electron chi connectivity index (χ0n) is 12.6. The van der Waals surface area contributed by atoms with Crippen molar-refractivity contribution >= 4 is 23.0 Å². The Labute approximate surface area is 125 Å². The van der Waals surface area contributed by atoms with Crippen molar-refractivity contribution in [2.45, 2.75) is 26.7 Å². The van der Waals surface area contributed by atoms with Gasteiger partial charge in [0.1, 0.15) is 0 Å². The van der Waals surface area contributed by atoms with Crippen LogP contribution < -0.4 is 16.8 Å². The molecule has 1 unspecified atom stereocenters. The Morgan fingerprint density at radius 2 is 1.76 bits per heavy atom. The molecule has 0 radical (unpaired) electrons. The third-order valence-corrected chi connectivity index (χ3v) is 3.66. The van der Waals surface area contributed by atoms with E-state index in [2.05, 4.69) is 5.32 Å². The summed E-state index contributed by atoms with van der Waals surface area (Å²) in [5, 5.41) is 2.97. The summed E-state index contributed by atoms with van der Waals surface area (Å²) in [6.07, 6.45) is 0. The SMILES string of the molecule is Cc1ccc(C)c(NC(=O)C(C)c2ccc(N)c(N)c2)c1. The minimum Gasteiger partial charge on any atom is -0.397 e. The normalized spacial score (nSPS) is 12.0. The van der Waals surface area contributed by atoms with Gasteiger partial charge in [0.05, 0.1) is 17.3 Å². The number of nitrogens with one attached hydrogen (secondary N) is 1. The lowest BCUT2D eigenvalue weighted by Crippen LogP contribution is -2.19. The first-order valence-corrected chi connectivity index (χ1v) is 6.91. The van der Waals surface area contributed by atoms with E-state index in [1.54, 1.807) is 12.1 Å². The standard InChI is InChI=1S/C17H21N3O/c1-10-4-5-11(2)16(8-10)20-17(21)12(3)13-6-7-14(18)15(19)9-13/h4-9,12H,18-19H2,1-3H3,(H,20,21). The number of nitrogen functional groups attached to an aromatic ring is 2. The first kappa shape index (κ1) is 14.9. The third-order valence-electron chi connectivity index (χ3n) is 3.66. The van der Waals surface area contributed by atoms with Crippen LogP contribution in [0.1, 0.15) is 29.5 Å². The fourth-order valence-corrected chi connectivity index (χ4v) is 2.13. The van der Waals surface area contributed by atoms with Gasteiger partial charge in [-0.05, 0) is 55.7 Å². The predicted molar refractivity (Wildman–Crippen MR) is 88.2 cm³/mol. The Kier molecular flexibility index (Phi) is 4.17. The van der Waals surface area contributed by atoms with Gasteiger partial charge in [-0.3, -0.25) is 4.79 Å². The van der Waals surface area contributed by atoms with Crippen molar-refractivity contribution in [1.82, 2.24) is 0 Å². The smallest absolute Gasteiger partial charge is 0.231 e. The van der Waals surface area contributed by atoms with Crippen molar-refractivity contribution in [3.05, 3.63) is 53.1 Å². The van der Waals surface area contributed by atoms with E-state index in [-0.39, 0.29) is 11.8 Å². The molecule has 0 aliphatic heterocycles. The van der Waals surface area contributed by atoms with Crippen LogP contribution in [0.4, 0.5) is 17.1 Å². The molecular formula is C17H21N3O. The summed E-state index contributed by atoms with van der Waals surface area (Å²) in [7, 11) is 0. The van der Waals surface area contributed by atoms with Crippen LogP contribution in [0.3, 0.4) is 0 Å². The molecule has 2 aromatic rings. The number of benzene rings is 2. The molecule has 4 nitrogen and oxygen atoms in total. The molecule has 0 aliphatic carbocycles. The van der Waals surface area contributed by atoms with Crippen LogP contribution in [0.5, 0.6) is 0 Å². The largest absolute Gasteiger partial charge is 0.397 e. The summed E-state index contributed by atoms with van der Waals surface area (Å²) in [4.78, 5) is 12.4. The summed E-state index contributed by atoms with van der Waals surface area (Å²) in [6.45, 7) is 5.82. The molecule has 1 atom stereocenters. The number of aryl methyl sites for hydroxylation is 2. The molecule has 5 N–H and O–H groups in total. The van der Waals surface area contributed by atoms with Crippen molar-refractivity contribution in [3.8, 4) is 0 Å². The summed E-state index contributed by atoms with van der Waals surface area (Å²) < 4.78 is 0. The van der Waals surface area contributed by atoms with Crippen molar-refractivity contribution < 1.29 is 4.79 Å². The second-order valence-corrected chi connectivity index (χ2v) is 5.42. The molecular weight excluding hydrogens is 262 g/mol. The number of hydrogen-bond donors (Lipinski definition) is 3. The number of carbonyl (C=O) groups excluding carboxylic acids is 1. The Bertz CT molecular complexity index is 680. The van der Waals surface area contributed by atoms with Crippen molar-refractivity contribution in [1.29, 1.82) is 0 Å². The van der Waals surface area contributed by atoms with Crippen molar-refractivity contribution in [2.75, 3.05) is 16.8 Å². The van der Waals surface area contributed by atoms with E-state index in [0.717, 1.165) is 22.4 Å². The van der Waals surface area contributed by atoms with E-state index in [0.29, 0.717) is 11.4 Å². The van der Waals surface area contributed by atoms with E-state index >= 15 is 0 Å². The lowest BCUT2D eigenvalue weighted by atomic mass is 9.99. The maximum absolute atomic E-state index is 12.4. The summed E-state index contributed by atoms with van der Waals surface area (Å²) in [6, 6.07) is 11.3. The maximum atomic E-state index is 12.4. The highest BCUT2D eigenvalue weighted by Crippen LogP contribution is 2.24. The molecule has 0 saturated carbocycles. The fourth-order valence-electron chi connectivity index (χ4n) is 2.13. The van der Waals surface area contributed by atoms with Gasteiger partial charge >= 0.3 is 0 Å². The second kappa shape index (κ2) is 5.87. The summed E-state index contributed by atoms with van der Waals surface area (Å²) >= 11 is 0. The van der Waals surface area contributed by atoms with Gasteiger partial charge in [0.15, 0.2) is 0 Å². The van der Waals surface area contributed by atoms with Crippen LogP contribution in [0.2, 0.25) is 0 Å². The Morgan fingerprint density at radius 3 is 2.43 bits per heavy atom. The zero-order valence-corrected chi connectivity index (χ0v) is 12.6. The van der Waals surface area contributed by atoms with Crippen LogP contribution in [-0.4, -0.2) is 5.91 Å². The van der Waals surface area contributed by atoms with Gasteiger partial charge in [-0.1, -0.05) is 18.2 Å². The number of carbonyl (C=O) groups is 1.